The zero-order valence-corrected chi connectivity index (χ0v) is 11.1. The number of rotatable bonds is 1. The van der Waals surface area contributed by atoms with Crippen LogP contribution in [0.2, 0.25) is 0 Å². The molecule has 4 nitrogen and oxygen atoms in total. The first-order valence-electron chi connectivity index (χ1n) is 5.02. The summed E-state index contributed by atoms with van der Waals surface area (Å²) in [6.45, 7) is 6.36. The third-order valence-corrected chi connectivity index (χ3v) is 2.55. The first-order chi connectivity index (χ1) is 7.47. The van der Waals surface area contributed by atoms with Gasteiger partial charge in [0.25, 0.3) is 0 Å². The van der Waals surface area contributed by atoms with Crippen molar-refractivity contribution in [2.45, 2.75) is 26.2 Å². The molecule has 0 aliphatic heterocycles. The van der Waals surface area contributed by atoms with E-state index in [4.69, 9.17) is 0 Å². The molecule has 0 aliphatic rings. The molecule has 0 radical (unpaired) electrons. The first-order valence-corrected chi connectivity index (χ1v) is 5.81. The Morgan fingerprint density at radius 2 is 2.00 bits per heavy atom. The second-order valence-corrected chi connectivity index (χ2v) is 5.29. The van der Waals surface area contributed by atoms with E-state index in [0.717, 1.165) is 11.5 Å². The number of hydrogen-bond acceptors (Lipinski definition) is 3. The summed E-state index contributed by atoms with van der Waals surface area (Å²) in [5, 5.41) is 4.16. The predicted octanol–water partition coefficient (Wildman–Crippen LogP) is 2.72. The Hall–Kier alpha value is -1.23. The van der Waals surface area contributed by atoms with E-state index in [0.29, 0.717) is 4.73 Å². The van der Waals surface area contributed by atoms with Crippen LogP contribution in [0.4, 0.5) is 0 Å². The Morgan fingerprint density at radius 1 is 1.25 bits per heavy atom. The zero-order chi connectivity index (χ0) is 11.8. The summed E-state index contributed by atoms with van der Waals surface area (Å²) < 4.78 is 2.31. The van der Waals surface area contributed by atoms with Crippen molar-refractivity contribution in [1.82, 2.24) is 19.7 Å². The van der Waals surface area contributed by atoms with Gasteiger partial charge in [-0.1, -0.05) is 20.8 Å². The Balaban J connectivity index is 2.53. The van der Waals surface area contributed by atoms with Gasteiger partial charge in [0.15, 0.2) is 10.6 Å². The van der Waals surface area contributed by atoms with Crippen molar-refractivity contribution in [3.63, 3.8) is 0 Å². The Labute approximate surface area is 103 Å². The first kappa shape index (κ1) is 11.3. The minimum atomic E-state index is -0.00658. The Kier molecular flexibility index (Phi) is 2.80. The molecule has 0 spiro atoms. The van der Waals surface area contributed by atoms with E-state index in [-0.39, 0.29) is 5.41 Å². The van der Waals surface area contributed by atoms with Crippen LogP contribution in [0.15, 0.2) is 29.3 Å². The minimum absolute atomic E-state index is 0.00658. The Morgan fingerprint density at radius 3 is 2.56 bits per heavy atom. The normalized spacial score (nSPS) is 11.8. The van der Waals surface area contributed by atoms with Crippen molar-refractivity contribution in [3.8, 4) is 5.82 Å². The molecule has 16 heavy (non-hydrogen) atoms. The van der Waals surface area contributed by atoms with Crippen molar-refractivity contribution in [1.29, 1.82) is 0 Å². The second kappa shape index (κ2) is 3.97. The topological polar surface area (TPSA) is 43.6 Å². The van der Waals surface area contributed by atoms with Gasteiger partial charge in [-0.05, 0) is 22.0 Å². The lowest BCUT2D eigenvalue weighted by Gasteiger charge is -2.18. The standard InChI is InChI=1S/C11H13BrN4/c1-11(2,3)8-7-9(15-10(12)14-8)16-6-4-5-13-16/h4-7H,1-3H3. The molecule has 0 bridgehead atoms. The SMILES string of the molecule is CC(C)(C)c1cc(-n2cccn2)nc(Br)n1. The average molecular weight is 281 g/mol. The lowest BCUT2D eigenvalue weighted by molar-refractivity contribution is 0.563. The summed E-state index contributed by atoms with van der Waals surface area (Å²) in [6, 6.07) is 3.82. The highest BCUT2D eigenvalue weighted by atomic mass is 79.9. The average Bonchev–Trinajstić information content (AvgIpc) is 2.68. The van der Waals surface area contributed by atoms with Crippen LogP contribution in [-0.2, 0) is 5.41 Å². The predicted molar refractivity (Wildman–Crippen MR) is 65.6 cm³/mol. The molecule has 0 unspecified atom stereocenters. The van der Waals surface area contributed by atoms with E-state index in [2.05, 4.69) is 51.8 Å². The lowest BCUT2D eigenvalue weighted by atomic mass is 9.92. The number of hydrogen-bond donors (Lipinski definition) is 0. The fourth-order valence-corrected chi connectivity index (χ4v) is 1.68. The molecule has 2 aromatic heterocycles. The van der Waals surface area contributed by atoms with Gasteiger partial charge in [-0.15, -0.1) is 0 Å². The van der Waals surface area contributed by atoms with Crippen molar-refractivity contribution >= 4 is 15.9 Å². The molecule has 0 saturated heterocycles. The highest BCUT2D eigenvalue weighted by Gasteiger charge is 2.17. The van der Waals surface area contributed by atoms with Crippen LogP contribution < -0.4 is 0 Å². The van der Waals surface area contributed by atoms with Crippen LogP contribution in [0.25, 0.3) is 5.82 Å². The van der Waals surface area contributed by atoms with Gasteiger partial charge in [0.2, 0.25) is 0 Å². The van der Waals surface area contributed by atoms with Crippen molar-refractivity contribution in [3.05, 3.63) is 35.0 Å². The number of nitrogens with zero attached hydrogens (tertiary/aromatic N) is 4. The lowest BCUT2D eigenvalue weighted by Crippen LogP contribution is -2.15. The maximum Gasteiger partial charge on any atom is 0.198 e. The minimum Gasteiger partial charge on any atom is -0.227 e. The van der Waals surface area contributed by atoms with Gasteiger partial charge in [-0.3, -0.25) is 0 Å². The molecular formula is C11H13BrN4. The molecule has 0 fully saturated rings. The molecule has 2 rings (SSSR count). The van der Waals surface area contributed by atoms with Crippen molar-refractivity contribution < 1.29 is 0 Å². The van der Waals surface area contributed by atoms with E-state index in [1.54, 1.807) is 10.9 Å². The van der Waals surface area contributed by atoms with E-state index in [9.17, 15) is 0 Å². The zero-order valence-electron chi connectivity index (χ0n) is 9.48. The van der Waals surface area contributed by atoms with Crippen LogP contribution in [0.5, 0.6) is 0 Å². The van der Waals surface area contributed by atoms with Gasteiger partial charge in [-0.25, -0.2) is 14.6 Å². The fraction of sp³-hybridized carbons (Fsp3) is 0.364. The van der Waals surface area contributed by atoms with Crippen LogP contribution >= 0.6 is 15.9 Å². The van der Waals surface area contributed by atoms with Crippen LogP contribution in [0.1, 0.15) is 26.5 Å². The molecule has 0 amide bonds. The number of aromatic nitrogens is 4. The second-order valence-electron chi connectivity index (χ2n) is 4.58. The van der Waals surface area contributed by atoms with Crippen molar-refractivity contribution in [2.75, 3.05) is 0 Å². The quantitative estimate of drug-likeness (QED) is 0.755. The van der Waals surface area contributed by atoms with E-state index in [1.165, 1.54) is 0 Å². The molecular weight excluding hydrogens is 268 g/mol. The highest BCUT2D eigenvalue weighted by molar-refractivity contribution is 9.10. The molecule has 0 aromatic carbocycles. The highest BCUT2D eigenvalue weighted by Crippen LogP contribution is 2.22. The largest absolute Gasteiger partial charge is 0.227 e. The van der Waals surface area contributed by atoms with E-state index < -0.39 is 0 Å². The summed E-state index contributed by atoms with van der Waals surface area (Å²) >= 11 is 3.33. The molecule has 2 aromatic rings. The molecule has 84 valence electrons. The van der Waals surface area contributed by atoms with Gasteiger partial charge >= 0.3 is 0 Å². The summed E-state index contributed by atoms with van der Waals surface area (Å²) in [7, 11) is 0. The molecule has 5 heteroatoms. The summed E-state index contributed by atoms with van der Waals surface area (Å²) in [5.74, 6) is 0.775. The fourth-order valence-electron chi connectivity index (χ4n) is 1.31. The maximum atomic E-state index is 4.38. The maximum absolute atomic E-state index is 4.38. The van der Waals surface area contributed by atoms with E-state index in [1.807, 2.05) is 18.3 Å². The Bertz CT molecular complexity index is 485. The van der Waals surface area contributed by atoms with Gasteiger partial charge in [0.1, 0.15) is 0 Å². The number of halogens is 1. The summed E-state index contributed by atoms with van der Waals surface area (Å²) in [6.07, 6.45) is 3.59. The third-order valence-electron chi connectivity index (χ3n) is 2.19. The van der Waals surface area contributed by atoms with Gasteiger partial charge in [-0.2, -0.15) is 5.10 Å². The van der Waals surface area contributed by atoms with Crippen LogP contribution in [-0.4, -0.2) is 19.7 Å². The molecule has 2 heterocycles. The van der Waals surface area contributed by atoms with Crippen LogP contribution in [0.3, 0.4) is 0 Å². The molecule has 0 N–H and O–H groups in total. The molecule has 0 aliphatic carbocycles. The smallest absolute Gasteiger partial charge is 0.198 e. The van der Waals surface area contributed by atoms with Gasteiger partial charge in [0.05, 0.1) is 5.69 Å². The monoisotopic (exact) mass is 280 g/mol. The summed E-state index contributed by atoms with van der Waals surface area (Å²) in [5.41, 5.74) is 0.979. The third kappa shape index (κ3) is 2.29. The van der Waals surface area contributed by atoms with Crippen molar-refractivity contribution in [2.24, 2.45) is 0 Å². The molecule has 0 saturated carbocycles. The molecule has 0 atom stereocenters. The van der Waals surface area contributed by atoms with Crippen LogP contribution in [0, 0.1) is 0 Å². The van der Waals surface area contributed by atoms with Gasteiger partial charge in [0, 0.05) is 23.9 Å². The van der Waals surface area contributed by atoms with E-state index >= 15 is 0 Å². The summed E-state index contributed by atoms with van der Waals surface area (Å²) in [4.78, 5) is 8.68. The van der Waals surface area contributed by atoms with Gasteiger partial charge < -0.3 is 0 Å².